The van der Waals surface area contributed by atoms with E-state index in [2.05, 4.69) is 91.1 Å². The first-order valence-corrected chi connectivity index (χ1v) is 7.08. The molecule has 0 radical (unpaired) electrons. The highest BCUT2D eigenvalue weighted by molar-refractivity contribution is 14.1. The summed E-state index contributed by atoms with van der Waals surface area (Å²) in [5.74, 6) is 0. The van der Waals surface area contributed by atoms with Gasteiger partial charge in [-0.25, -0.2) is 0 Å². The van der Waals surface area contributed by atoms with Gasteiger partial charge in [0.2, 0.25) is 0 Å². The molecule has 0 fully saturated rings. The van der Waals surface area contributed by atoms with Crippen LogP contribution in [-0.4, -0.2) is 7.85 Å². The third-order valence-electron chi connectivity index (χ3n) is 3.30. The van der Waals surface area contributed by atoms with Crippen molar-refractivity contribution in [1.82, 2.24) is 0 Å². The summed E-state index contributed by atoms with van der Waals surface area (Å²) in [4.78, 5) is 0. The van der Waals surface area contributed by atoms with Gasteiger partial charge in [0.05, 0.1) is 0 Å². The largest absolute Gasteiger partial charge is 0.140 e. The van der Waals surface area contributed by atoms with Crippen molar-refractivity contribution in [2.45, 2.75) is 0 Å². The van der Waals surface area contributed by atoms with Crippen LogP contribution in [0.15, 0.2) is 60.7 Å². The van der Waals surface area contributed by atoms with Crippen LogP contribution in [0.2, 0.25) is 0 Å². The highest BCUT2D eigenvalue weighted by Gasteiger charge is 2.04. The van der Waals surface area contributed by atoms with Crippen molar-refractivity contribution < 1.29 is 0 Å². The van der Waals surface area contributed by atoms with E-state index >= 15 is 0 Å². The van der Waals surface area contributed by atoms with E-state index in [1.54, 1.807) is 0 Å². The van der Waals surface area contributed by atoms with Crippen molar-refractivity contribution in [1.29, 1.82) is 0 Å². The number of halogens is 1. The van der Waals surface area contributed by atoms with E-state index in [-0.39, 0.29) is 0 Å². The van der Waals surface area contributed by atoms with Gasteiger partial charge in [-0.1, -0.05) is 54.0 Å². The van der Waals surface area contributed by atoms with E-state index in [4.69, 9.17) is 0 Å². The van der Waals surface area contributed by atoms with Crippen LogP contribution in [0.25, 0.3) is 21.9 Å². The van der Waals surface area contributed by atoms with Gasteiger partial charge in [-0.3, -0.25) is 0 Å². The normalized spacial score (nSPS) is 10.7. The Balaban J connectivity index is 2.30. The maximum absolute atomic E-state index is 2.34. The Morgan fingerprint density at radius 1 is 0.722 bits per heavy atom. The van der Waals surface area contributed by atoms with Gasteiger partial charge >= 0.3 is 0 Å². The zero-order valence-electron chi connectivity index (χ0n) is 10.2. The third-order valence-corrected chi connectivity index (χ3v) is 4.02. The van der Waals surface area contributed by atoms with Crippen LogP contribution in [0.1, 0.15) is 0 Å². The first kappa shape index (κ1) is 11.8. The van der Waals surface area contributed by atoms with Gasteiger partial charge in [0.15, 0.2) is 0 Å². The number of hydrogen-bond donors (Lipinski definition) is 0. The van der Waals surface area contributed by atoms with Crippen molar-refractivity contribution in [3.63, 3.8) is 0 Å². The first-order valence-electron chi connectivity index (χ1n) is 6.00. The summed E-state index contributed by atoms with van der Waals surface area (Å²) in [6.45, 7) is 0. The lowest BCUT2D eigenvalue weighted by Crippen LogP contribution is -2.03. The molecule has 0 nitrogen and oxygen atoms in total. The highest BCUT2D eigenvalue weighted by Crippen LogP contribution is 2.27. The molecule has 0 N–H and O–H groups in total. The topological polar surface area (TPSA) is 0 Å². The van der Waals surface area contributed by atoms with Crippen LogP contribution in [0.3, 0.4) is 0 Å². The summed E-state index contributed by atoms with van der Waals surface area (Å²) < 4.78 is 1.27. The van der Waals surface area contributed by atoms with Crippen molar-refractivity contribution in [2.75, 3.05) is 0 Å². The van der Waals surface area contributed by atoms with Crippen molar-refractivity contribution >= 4 is 46.7 Å². The lowest BCUT2D eigenvalue weighted by molar-refractivity contribution is 1.62. The summed E-state index contributed by atoms with van der Waals surface area (Å²) in [6, 6.07) is 21.7. The van der Waals surface area contributed by atoms with E-state index in [0.717, 1.165) is 0 Å². The van der Waals surface area contributed by atoms with E-state index in [0.29, 0.717) is 0 Å². The van der Waals surface area contributed by atoms with E-state index < -0.39 is 0 Å². The standard InChI is InChI=1S/C16H12BI/c17-16-10-9-13(11-5-7-12(18)8-6-11)14-3-1-2-4-15(14)16/h1-10H,17H2. The molecule has 0 spiro atoms. The summed E-state index contributed by atoms with van der Waals surface area (Å²) >= 11 is 2.34. The molecule has 0 aromatic heterocycles. The molecule has 0 aliphatic heterocycles. The Morgan fingerprint density at radius 2 is 1.39 bits per heavy atom. The fraction of sp³-hybridized carbons (Fsp3) is 0. The minimum absolute atomic E-state index is 1.27. The predicted molar refractivity (Wildman–Crippen MR) is 90.3 cm³/mol. The molecule has 2 heteroatoms. The second-order valence-electron chi connectivity index (χ2n) is 4.48. The van der Waals surface area contributed by atoms with Gasteiger partial charge in [-0.2, -0.15) is 0 Å². The van der Waals surface area contributed by atoms with E-state index in [1.165, 1.54) is 30.9 Å². The number of benzene rings is 3. The first-order chi connectivity index (χ1) is 8.75. The van der Waals surface area contributed by atoms with Crippen molar-refractivity contribution in [3.8, 4) is 11.1 Å². The number of hydrogen-bond acceptors (Lipinski definition) is 0. The number of rotatable bonds is 1. The van der Waals surface area contributed by atoms with Gasteiger partial charge in [0.1, 0.15) is 7.85 Å². The molecule has 18 heavy (non-hydrogen) atoms. The Kier molecular flexibility index (Phi) is 3.12. The van der Waals surface area contributed by atoms with Crippen LogP contribution in [0.5, 0.6) is 0 Å². The maximum Gasteiger partial charge on any atom is 0.140 e. The van der Waals surface area contributed by atoms with Crippen LogP contribution in [0.4, 0.5) is 0 Å². The van der Waals surface area contributed by atoms with Gasteiger partial charge in [-0.05, 0) is 56.6 Å². The zero-order chi connectivity index (χ0) is 12.5. The second kappa shape index (κ2) is 4.77. The predicted octanol–water partition coefficient (Wildman–Crippen LogP) is 3.37. The molecule has 0 aliphatic rings. The molecule has 0 saturated carbocycles. The molecule has 3 aromatic rings. The van der Waals surface area contributed by atoms with Crippen molar-refractivity contribution in [2.24, 2.45) is 0 Å². The summed E-state index contributed by atoms with van der Waals surface area (Å²) in [6.07, 6.45) is 0. The van der Waals surface area contributed by atoms with Crippen LogP contribution in [0, 0.1) is 3.57 Å². The molecule has 0 saturated heterocycles. The molecule has 0 unspecified atom stereocenters. The molecule has 0 bridgehead atoms. The summed E-state index contributed by atoms with van der Waals surface area (Å²) in [7, 11) is 2.17. The molecule has 0 aliphatic carbocycles. The van der Waals surface area contributed by atoms with Gasteiger partial charge in [0, 0.05) is 3.57 Å². The monoisotopic (exact) mass is 342 g/mol. The van der Waals surface area contributed by atoms with Crippen LogP contribution >= 0.6 is 22.6 Å². The van der Waals surface area contributed by atoms with Crippen LogP contribution in [-0.2, 0) is 0 Å². The van der Waals surface area contributed by atoms with Gasteiger partial charge in [0.25, 0.3) is 0 Å². The van der Waals surface area contributed by atoms with Crippen molar-refractivity contribution in [3.05, 3.63) is 64.2 Å². The fourth-order valence-corrected chi connectivity index (χ4v) is 2.69. The number of fused-ring (bicyclic) bond motifs is 1. The van der Waals surface area contributed by atoms with E-state index in [1.807, 2.05) is 0 Å². The third kappa shape index (κ3) is 2.05. The maximum atomic E-state index is 2.34. The molecular weight excluding hydrogens is 330 g/mol. The molecular formula is C16H12BI. The Bertz CT molecular complexity index is 702. The fourth-order valence-electron chi connectivity index (χ4n) is 2.33. The lowest BCUT2D eigenvalue weighted by atomic mass is 9.86. The quantitative estimate of drug-likeness (QED) is 0.470. The Morgan fingerprint density at radius 3 is 2.11 bits per heavy atom. The van der Waals surface area contributed by atoms with Crippen LogP contribution < -0.4 is 5.46 Å². The molecule has 0 amide bonds. The SMILES string of the molecule is Bc1ccc(-c2ccc(I)cc2)c2ccccc12. The molecule has 86 valence electrons. The minimum Gasteiger partial charge on any atom is -0.0812 e. The van der Waals surface area contributed by atoms with Gasteiger partial charge in [-0.15, -0.1) is 0 Å². The van der Waals surface area contributed by atoms with Gasteiger partial charge < -0.3 is 0 Å². The Hall–Kier alpha value is -1.29. The summed E-state index contributed by atoms with van der Waals surface area (Å²) in [5.41, 5.74) is 3.93. The average Bonchev–Trinajstić information content (AvgIpc) is 2.41. The molecule has 0 heterocycles. The molecule has 3 aromatic carbocycles. The van der Waals surface area contributed by atoms with E-state index in [9.17, 15) is 0 Å². The zero-order valence-corrected chi connectivity index (χ0v) is 12.3. The highest BCUT2D eigenvalue weighted by atomic mass is 127. The minimum atomic E-state index is 1.27. The lowest BCUT2D eigenvalue weighted by Gasteiger charge is -2.09. The molecule has 3 rings (SSSR count). The average molecular weight is 342 g/mol. The summed E-state index contributed by atoms with van der Waals surface area (Å²) in [5, 5.41) is 2.67. The second-order valence-corrected chi connectivity index (χ2v) is 5.73. The molecule has 0 atom stereocenters. The smallest absolute Gasteiger partial charge is 0.0812 e. The Labute approximate surface area is 122 Å².